The zero-order valence-corrected chi connectivity index (χ0v) is 32.6. The number of likely N-dealkylation sites (tertiary alicyclic amines) is 1. The normalized spacial score (nSPS) is 23.8. The molecule has 0 bridgehead atoms. The Balaban J connectivity index is 1.74. The summed E-state index contributed by atoms with van der Waals surface area (Å²) in [6, 6.07) is 7.15. The second kappa shape index (κ2) is 19.1. The third-order valence-electron chi connectivity index (χ3n) is 11.3. The number of hydrogen-bond donors (Lipinski definition) is 4. The fourth-order valence-corrected chi connectivity index (χ4v) is 7.80. The van der Waals surface area contributed by atoms with E-state index in [4.69, 9.17) is 9.47 Å². The van der Waals surface area contributed by atoms with Gasteiger partial charge in [0.15, 0.2) is 0 Å². The summed E-state index contributed by atoms with van der Waals surface area (Å²) in [6.07, 6.45) is 1.79. The number of methoxy groups -OCH3 is 2. The van der Waals surface area contributed by atoms with Crippen LogP contribution in [0.4, 0.5) is 0 Å². The lowest BCUT2D eigenvalue weighted by Gasteiger charge is -2.41. The lowest BCUT2D eigenvalue weighted by molar-refractivity contribution is -0.148. The summed E-state index contributed by atoms with van der Waals surface area (Å²) < 4.78 is 11.9. The van der Waals surface area contributed by atoms with Gasteiger partial charge in [-0.3, -0.25) is 19.2 Å². The van der Waals surface area contributed by atoms with E-state index in [0.717, 1.165) is 25.8 Å². The number of likely N-dealkylation sites (N-methyl/N-ethyl adjacent to an activating group) is 1. The predicted molar refractivity (Wildman–Crippen MR) is 198 cm³/mol. The van der Waals surface area contributed by atoms with Crippen molar-refractivity contribution in [3.8, 4) is 0 Å². The Morgan fingerprint density at radius 1 is 1.04 bits per heavy atom. The van der Waals surface area contributed by atoms with Crippen LogP contribution in [0, 0.1) is 17.8 Å². The van der Waals surface area contributed by atoms with E-state index in [1.165, 1.54) is 0 Å². The van der Waals surface area contributed by atoms with Crippen molar-refractivity contribution in [2.75, 3.05) is 34.4 Å². The number of aliphatic hydroxyl groups excluding tert-OH is 1. The van der Waals surface area contributed by atoms with Crippen molar-refractivity contribution in [2.45, 2.75) is 135 Å². The first-order valence-corrected chi connectivity index (χ1v) is 18.8. The fourth-order valence-electron chi connectivity index (χ4n) is 7.80. The summed E-state index contributed by atoms with van der Waals surface area (Å²) in [4.78, 5) is 58.5. The molecule has 0 radical (unpaired) electrons. The molecule has 4 N–H and O–H groups in total. The van der Waals surface area contributed by atoms with Gasteiger partial charge in [-0.15, -0.1) is 0 Å². The highest BCUT2D eigenvalue weighted by Gasteiger charge is 2.44. The molecule has 1 aromatic carbocycles. The van der Waals surface area contributed by atoms with Gasteiger partial charge in [0.05, 0.1) is 54.3 Å². The minimum absolute atomic E-state index is 0.00715. The number of amides is 4. The van der Waals surface area contributed by atoms with Crippen LogP contribution in [0.5, 0.6) is 0 Å². The summed E-state index contributed by atoms with van der Waals surface area (Å²) in [6.45, 7) is 14.6. The van der Waals surface area contributed by atoms with Gasteiger partial charge in [-0.05, 0) is 63.5 Å². The van der Waals surface area contributed by atoms with Gasteiger partial charge >= 0.3 is 0 Å². The molecule has 12 heteroatoms. The Morgan fingerprint density at radius 2 is 1.71 bits per heavy atom. The van der Waals surface area contributed by atoms with Crippen LogP contribution in [0.25, 0.3) is 0 Å². The van der Waals surface area contributed by atoms with E-state index < -0.39 is 47.9 Å². The summed E-state index contributed by atoms with van der Waals surface area (Å²) in [5.74, 6) is -1.56. The Hall–Kier alpha value is -3.06. The molecular formula is C39H65N5O7. The molecule has 2 fully saturated rings. The molecule has 2 saturated heterocycles. The van der Waals surface area contributed by atoms with Gasteiger partial charge in [-0.2, -0.15) is 0 Å². The lowest BCUT2D eigenvalue weighted by atomic mass is 9.89. The van der Waals surface area contributed by atoms with Crippen molar-refractivity contribution < 1.29 is 33.8 Å². The van der Waals surface area contributed by atoms with Crippen LogP contribution in [0.15, 0.2) is 30.3 Å². The Bertz CT molecular complexity index is 1290. The van der Waals surface area contributed by atoms with Crippen LogP contribution in [-0.2, 0) is 28.7 Å². The number of hydrogen-bond acceptors (Lipinski definition) is 8. The van der Waals surface area contributed by atoms with Crippen LogP contribution in [0.1, 0.15) is 98.7 Å². The average Bonchev–Trinajstić information content (AvgIpc) is 3.80. The third-order valence-corrected chi connectivity index (χ3v) is 11.3. The SMILES string of the molecule is CC[C@H](C)[C@@H]([C@@H](CC(=O)N1CCC[C@H]1[C@H](OC)[C@@H](C)C(=O)N[C@H](C)[C@@H](O)c1ccccc1)OC)N(C)C(=O)[C@@H](NC(=O)[C@]1(C)CCCN1)C(C)C. The van der Waals surface area contributed by atoms with Crippen molar-refractivity contribution >= 4 is 23.6 Å². The van der Waals surface area contributed by atoms with E-state index in [2.05, 4.69) is 16.0 Å². The standard InChI is InChI=1S/C39H65N5O7/c1-11-25(4)33(43(8)37(48)32(24(2)3)42-38(49)39(7)20-16-21-40-39)30(50-9)23-31(45)44-22-15-19-29(44)35(51-10)26(5)36(47)41-27(6)34(46)28-17-13-12-14-18-28/h12-14,17-18,24-27,29-30,32-35,40,46H,11,15-16,19-23H2,1-10H3,(H,41,47)(H,42,49)/t25-,26+,27+,29-,30+,32-,33-,34+,35+,39-/m0/s1. The van der Waals surface area contributed by atoms with Crippen LogP contribution in [-0.4, -0.2) is 115 Å². The Labute approximate surface area is 305 Å². The Morgan fingerprint density at radius 3 is 2.25 bits per heavy atom. The first-order valence-electron chi connectivity index (χ1n) is 18.8. The van der Waals surface area contributed by atoms with Crippen molar-refractivity contribution in [2.24, 2.45) is 17.8 Å². The van der Waals surface area contributed by atoms with Gasteiger partial charge in [0.1, 0.15) is 6.04 Å². The molecule has 12 nitrogen and oxygen atoms in total. The van der Waals surface area contributed by atoms with Crippen LogP contribution in [0.3, 0.4) is 0 Å². The highest BCUT2D eigenvalue weighted by molar-refractivity contribution is 5.92. The fraction of sp³-hybridized carbons (Fsp3) is 0.744. The molecule has 2 aliphatic heterocycles. The number of nitrogens with one attached hydrogen (secondary N) is 3. The molecule has 1 aromatic rings. The minimum Gasteiger partial charge on any atom is -0.386 e. The van der Waals surface area contributed by atoms with Gasteiger partial charge in [-0.1, -0.05) is 71.4 Å². The van der Waals surface area contributed by atoms with Crippen LogP contribution in [0.2, 0.25) is 0 Å². The predicted octanol–water partition coefficient (Wildman–Crippen LogP) is 3.43. The van der Waals surface area contributed by atoms with E-state index in [-0.39, 0.29) is 47.9 Å². The molecule has 288 valence electrons. The highest BCUT2D eigenvalue weighted by atomic mass is 16.5. The molecule has 0 aromatic heterocycles. The van der Waals surface area contributed by atoms with E-state index in [1.807, 2.05) is 65.0 Å². The minimum atomic E-state index is -0.873. The van der Waals surface area contributed by atoms with E-state index in [9.17, 15) is 24.3 Å². The second-order valence-electron chi connectivity index (χ2n) is 15.3. The number of rotatable bonds is 18. The average molecular weight is 716 g/mol. The van der Waals surface area contributed by atoms with Crippen molar-refractivity contribution in [3.05, 3.63) is 35.9 Å². The molecule has 0 unspecified atom stereocenters. The molecular weight excluding hydrogens is 650 g/mol. The molecule has 51 heavy (non-hydrogen) atoms. The zero-order chi connectivity index (χ0) is 38.0. The molecule has 0 saturated carbocycles. The third kappa shape index (κ3) is 10.3. The maximum atomic E-state index is 14.2. The molecule has 3 rings (SSSR count). The van der Waals surface area contributed by atoms with E-state index >= 15 is 0 Å². The first-order chi connectivity index (χ1) is 24.1. The van der Waals surface area contributed by atoms with Gasteiger partial charge in [0.25, 0.3) is 0 Å². The van der Waals surface area contributed by atoms with Crippen molar-refractivity contribution in [1.82, 2.24) is 25.8 Å². The number of nitrogens with zero attached hydrogens (tertiary/aromatic N) is 2. The number of carbonyl (C=O) groups is 4. The highest BCUT2D eigenvalue weighted by Crippen LogP contribution is 2.30. The molecule has 2 heterocycles. The smallest absolute Gasteiger partial charge is 0.245 e. The summed E-state index contributed by atoms with van der Waals surface area (Å²) in [5.41, 5.74) is 0.000187. The second-order valence-corrected chi connectivity index (χ2v) is 15.3. The van der Waals surface area contributed by atoms with Gasteiger partial charge in [0, 0.05) is 27.8 Å². The summed E-state index contributed by atoms with van der Waals surface area (Å²) >= 11 is 0. The van der Waals surface area contributed by atoms with Crippen molar-refractivity contribution in [3.63, 3.8) is 0 Å². The molecule has 2 aliphatic rings. The van der Waals surface area contributed by atoms with Crippen LogP contribution >= 0.6 is 0 Å². The van der Waals surface area contributed by atoms with Gasteiger partial charge in [0.2, 0.25) is 23.6 Å². The number of ether oxygens (including phenoxy) is 2. The van der Waals surface area contributed by atoms with Crippen LogP contribution < -0.4 is 16.0 Å². The van der Waals surface area contributed by atoms with E-state index in [0.29, 0.717) is 24.9 Å². The van der Waals surface area contributed by atoms with Gasteiger partial charge < -0.3 is 40.3 Å². The van der Waals surface area contributed by atoms with Crippen molar-refractivity contribution in [1.29, 1.82) is 0 Å². The largest absolute Gasteiger partial charge is 0.386 e. The molecule has 0 aliphatic carbocycles. The first kappa shape index (κ1) is 42.4. The number of benzene rings is 1. The molecule has 10 atom stereocenters. The summed E-state index contributed by atoms with van der Waals surface area (Å²) in [7, 11) is 4.86. The van der Waals surface area contributed by atoms with Gasteiger partial charge in [-0.25, -0.2) is 0 Å². The number of aliphatic hydroxyl groups is 1. The summed E-state index contributed by atoms with van der Waals surface area (Å²) in [5, 5.41) is 20.1. The lowest BCUT2D eigenvalue weighted by Crippen LogP contribution is -2.61. The quantitative estimate of drug-likeness (QED) is 0.181. The monoisotopic (exact) mass is 715 g/mol. The molecule has 4 amide bonds. The Kier molecular flexibility index (Phi) is 15.9. The van der Waals surface area contributed by atoms with E-state index in [1.54, 1.807) is 44.9 Å². The zero-order valence-electron chi connectivity index (χ0n) is 32.6. The topological polar surface area (TPSA) is 150 Å². The maximum absolute atomic E-state index is 14.2. The molecule has 0 spiro atoms. The maximum Gasteiger partial charge on any atom is 0.245 e. The number of carbonyl (C=O) groups excluding carboxylic acids is 4.